The van der Waals surface area contributed by atoms with Crippen molar-refractivity contribution in [2.45, 2.75) is 13.0 Å². The van der Waals surface area contributed by atoms with Gasteiger partial charge in [-0.2, -0.15) is 0 Å². The third kappa shape index (κ3) is 7.17. The van der Waals surface area contributed by atoms with Gasteiger partial charge in [0.2, 0.25) is 11.8 Å². The number of hydrogen-bond acceptors (Lipinski definition) is 5. The predicted octanol–water partition coefficient (Wildman–Crippen LogP) is 2.37. The Kier molecular flexibility index (Phi) is 9.31. The molecule has 0 spiro atoms. The molecule has 2 N–H and O–H groups in total. The molecule has 0 bridgehead atoms. The number of carbonyl (C=O) groups is 2. The predicted molar refractivity (Wildman–Crippen MR) is 120 cm³/mol. The summed E-state index contributed by atoms with van der Waals surface area (Å²) in [5.74, 6) is 0.302. The first-order chi connectivity index (χ1) is 14.4. The lowest BCUT2D eigenvalue weighted by atomic mass is 10.1. The van der Waals surface area contributed by atoms with Gasteiger partial charge in [0.25, 0.3) is 0 Å². The van der Waals surface area contributed by atoms with Gasteiger partial charge < -0.3 is 20.3 Å². The van der Waals surface area contributed by atoms with Gasteiger partial charge >= 0.3 is 0 Å². The molecule has 0 heterocycles. The highest BCUT2D eigenvalue weighted by Crippen LogP contribution is 2.22. The number of carbonyl (C=O) groups excluding carboxylic acids is 2. The van der Waals surface area contributed by atoms with Gasteiger partial charge in [-0.25, -0.2) is 0 Å². The van der Waals surface area contributed by atoms with Crippen molar-refractivity contribution in [3.05, 3.63) is 60.2 Å². The average Bonchev–Trinajstić information content (AvgIpc) is 2.74. The first-order valence-electron chi connectivity index (χ1n) is 10.1. The number of hydrogen-bond donors (Lipinski definition) is 2. The molecule has 0 saturated heterocycles. The van der Waals surface area contributed by atoms with Crippen LogP contribution in [0.2, 0.25) is 0 Å². The van der Waals surface area contributed by atoms with Gasteiger partial charge in [-0.15, -0.1) is 0 Å². The molecule has 0 saturated carbocycles. The Morgan fingerprint density at radius 1 is 0.967 bits per heavy atom. The standard InChI is InChI=1S/C23H32N4O3/c1-5-27(17-23(29)25-19-13-9-10-14-21(19)30-4)16-22(28)24-15-20(26(2)3)18-11-7-6-8-12-18/h6-14,20H,5,15-17H2,1-4H3,(H,24,28)(H,25,29). The number of likely N-dealkylation sites (N-methyl/N-ethyl adjacent to an activating group) is 2. The van der Waals surface area contributed by atoms with Crippen molar-refractivity contribution in [3.63, 3.8) is 0 Å². The van der Waals surface area contributed by atoms with Crippen molar-refractivity contribution in [2.24, 2.45) is 0 Å². The number of ether oxygens (including phenoxy) is 1. The number of para-hydroxylation sites is 2. The van der Waals surface area contributed by atoms with E-state index in [0.717, 1.165) is 5.56 Å². The smallest absolute Gasteiger partial charge is 0.238 e. The maximum absolute atomic E-state index is 12.5. The Morgan fingerprint density at radius 2 is 1.60 bits per heavy atom. The van der Waals surface area contributed by atoms with Gasteiger partial charge in [0.1, 0.15) is 5.75 Å². The molecule has 0 radical (unpaired) electrons. The molecule has 7 nitrogen and oxygen atoms in total. The number of anilines is 1. The Labute approximate surface area is 179 Å². The fourth-order valence-electron chi connectivity index (χ4n) is 3.16. The zero-order valence-corrected chi connectivity index (χ0v) is 18.2. The van der Waals surface area contributed by atoms with E-state index in [1.54, 1.807) is 24.1 Å². The molecule has 2 aromatic rings. The first kappa shape index (κ1) is 23.4. The molecule has 2 aromatic carbocycles. The number of methoxy groups -OCH3 is 1. The van der Waals surface area contributed by atoms with Crippen molar-refractivity contribution in [1.29, 1.82) is 0 Å². The second kappa shape index (κ2) is 11.9. The Morgan fingerprint density at radius 3 is 2.23 bits per heavy atom. The molecular formula is C23H32N4O3. The van der Waals surface area contributed by atoms with Crippen LogP contribution < -0.4 is 15.4 Å². The minimum atomic E-state index is -0.190. The monoisotopic (exact) mass is 412 g/mol. The second-order valence-corrected chi connectivity index (χ2v) is 7.25. The Balaban J connectivity index is 1.87. The third-order valence-corrected chi connectivity index (χ3v) is 4.86. The maximum atomic E-state index is 12.5. The minimum absolute atomic E-state index is 0.0825. The van der Waals surface area contributed by atoms with Crippen molar-refractivity contribution in [3.8, 4) is 5.75 Å². The number of nitrogens with zero attached hydrogens (tertiary/aromatic N) is 2. The summed E-state index contributed by atoms with van der Waals surface area (Å²) in [7, 11) is 5.54. The largest absolute Gasteiger partial charge is 0.495 e. The molecule has 7 heteroatoms. The summed E-state index contributed by atoms with van der Waals surface area (Å²) in [5, 5.41) is 5.84. The number of rotatable bonds is 11. The van der Waals surface area contributed by atoms with Gasteiger partial charge in [0, 0.05) is 6.54 Å². The van der Waals surface area contributed by atoms with Crippen LogP contribution in [0, 0.1) is 0 Å². The van der Waals surface area contributed by atoms with Gasteiger partial charge in [-0.05, 0) is 38.3 Å². The van der Waals surface area contributed by atoms with E-state index >= 15 is 0 Å². The number of nitrogens with one attached hydrogen (secondary N) is 2. The van der Waals surface area contributed by atoms with E-state index in [2.05, 4.69) is 27.7 Å². The lowest BCUT2D eigenvalue weighted by molar-refractivity contribution is -0.123. The molecule has 0 fully saturated rings. The van der Waals surface area contributed by atoms with E-state index < -0.39 is 0 Å². The lowest BCUT2D eigenvalue weighted by Gasteiger charge is -2.26. The molecule has 0 aliphatic rings. The molecular weight excluding hydrogens is 380 g/mol. The van der Waals surface area contributed by atoms with Crippen molar-refractivity contribution < 1.29 is 14.3 Å². The van der Waals surface area contributed by atoms with E-state index in [0.29, 0.717) is 24.5 Å². The van der Waals surface area contributed by atoms with Crippen LogP contribution in [0.5, 0.6) is 5.75 Å². The van der Waals surface area contributed by atoms with Gasteiger partial charge in [0.15, 0.2) is 0 Å². The van der Waals surface area contributed by atoms with Gasteiger partial charge in [-0.3, -0.25) is 14.5 Å². The van der Waals surface area contributed by atoms with Crippen LogP contribution in [0.25, 0.3) is 0 Å². The van der Waals surface area contributed by atoms with E-state index in [4.69, 9.17) is 4.74 Å². The average molecular weight is 413 g/mol. The SMILES string of the molecule is CCN(CC(=O)NCC(c1ccccc1)N(C)C)CC(=O)Nc1ccccc1OC. The second-order valence-electron chi connectivity index (χ2n) is 7.25. The zero-order valence-electron chi connectivity index (χ0n) is 18.2. The molecule has 2 rings (SSSR count). The van der Waals surface area contributed by atoms with Crippen LogP contribution in [0.15, 0.2) is 54.6 Å². The molecule has 0 aliphatic carbocycles. The molecule has 1 atom stereocenters. The summed E-state index contributed by atoms with van der Waals surface area (Å²) >= 11 is 0. The minimum Gasteiger partial charge on any atom is -0.495 e. The van der Waals surface area contributed by atoms with Crippen LogP contribution in [0.4, 0.5) is 5.69 Å². The highest BCUT2D eigenvalue weighted by Gasteiger charge is 2.17. The third-order valence-electron chi connectivity index (χ3n) is 4.86. The summed E-state index contributed by atoms with van der Waals surface area (Å²) in [6, 6.07) is 17.4. The normalized spacial score (nSPS) is 11.9. The van der Waals surface area contributed by atoms with Crippen molar-refractivity contribution in [1.82, 2.24) is 15.1 Å². The van der Waals surface area contributed by atoms with E-state index in [1.807, 2.05) is 51.4 Å². The number of benzene rings is 2. The van der Waals surface area contributed by atoms with E-state index in [1.165, 1.54) is 0 Å². The van der Waals surface area contributed by atoms with Crippen LogP contribution in [-0.4, -0.2) is 69.0 Å². The van der Waals surface area contributed by atoms with Gasteiger partial charge in [0.05, 0.1) is 31.9 Å². The summed E-state index contributed by atoms with van der Waals surface area (Å²) in [6.45, 7) is 3.29. The van der Waals surface area contributed by atoms with Crippen LogP contribution >= 0.6 is 0 Å². The molecule has 0 aromatic heterocycles. The highest BCUT2D eigenvalue weighted by molar-refractivity contribution is 5.94. The van der Waals surface area contributed by atoms with Crippen molar-refractivity contribution >= 4 is 17.5 Å². The van der Waals surface area contributed by atoms with E-state index in [-0.39, 0.29) is 30.9 Å². The highest BCUT2D eigenvalue weighted by atomic mass is 16.5. The topological polar surface area (TPSA) is 73.9 Å². The molecule has 30 heavy (non-hydrogen) atoms. The Bertz CT molecular complexity index is 811. The maximum Gasteiger partial charge on any atom is 0.238 e. The lowest BCUT2D eigenvalue weighted by Crippen LogP contribution is -2.43. The Hall–Kier alpha value is -2.90. The fourth-order valence-corrected chi connectivity index (χ4v) is 3.16. The van der Waals surface area contributed by atoms with Crippen LogP contribution in [-0.2, 0) is 9.59 Å². The summed E-state index contributed by atoms with van der Waals surface area (Å²) in [5.41, 5.74) is 1.76. The fraction of sp³-hybridized carbons (Fsp3) is 0.391. The molecule has 1 unspecified atom stereocenters. The summed E-state index contributed by atoms with van der Waals surface area (Å²) in [6.07, 6.45) is 0. The van der Waals surface area contributed by atoms with Crippen LogP contribution in [0.3, 0.4) is 0 Å². The summed E-state index contributed by atoms with van der Waals surface area (Å²) in [4.78, 5) is 28.8. The zero-order chi connectivity index (χ0) is 21.9. The number of amides is 2. The van der Waals surface area contributed by atoms with Crippen molar-refractivity contribution in [2.75, 3.05) is 52.7 Å². The van der Waals surface area contributed by atoms with Gasteiger partial charge in [-0.1, -0.05) is 49.4 Å². The quantitative estimate of drug-likeness (QED) is 0.593. The first-order valence-corrected chi connectivity index (χ1v) is 10.1. The van der Waals surface area contributed by atoms with Crippen LogP contribution in [0.1, 0.15) is 18.5 Å². The molecule has 2 amide bonds. The summed E-state index contributed by atoms with van der Waals surface area (Å²) < 4.78 is 5.26. The van der Waals surface area contributed by atoms with E-state index in [9.17, 15) is 9.59 Å². The molecule has 162 valence electrons. The molecule has 0 aliphatic heterocycles.